The summed E-state index contributed by atoms with van der Waals surface area (Å²) in [6.45, 7) is 3.45. The van der Waals surface area contributed by atoms with Crippen LogP contribution in [0.4, 0.5) is 5.69 Å². The minimum atomic E-state index is -0.497. The molecule has 1 aromatic carbocycles. The molecule has 10 heteroatoms. The Morgan fingerprint density at radius 1 is 1.26 bits per heavy atom. The molecule has 0 bridgehead atoms. The maximum Gasteiger partial charge on any atom is 0.295 e. The topological polar surface area (TPSA) is 106 Å². The second-order valence-electron chi connectivity index (χ2n) is 7.02. The lowest BCUT2D eigenvalue weighted by Gasteiger charge is -2.38. The summed E-state index contributed by atoms with van der Waals surface area (Å²) in [6, 6.07) is 4.50. The van der Waals surface area contributed by atoms with Gasteiger partial charge in [0.05, 0.1) is 4.92 Å². The minimum absolute atomic E-state index is 0. The zero-order chi connectivity index (χ0) is 18.1. The molecule has 9 nitrogen and oxygen atoms in total. The fraction of sp³-hybridized carbons (Fsp3) is 0.471. The highest BCUT2D eigenvalue weighted by molar-refractivity contribution is 5.95. The molecule has 0 radical (unpaired) electrons. The summed E-state index contributed by atoms with van der Waals surface area (Å²) in [5, 5.41) is 18.8. The molecule has 2 aromatic rings. The average molecular weight is 393 g/mol. The molecule has 3 heterocycles. The van der Waals surface area contributed by atoms with Gasteiger partial charge in [-0.1, -0.05) is 0 Å². The van der Waals surface area contributed by atoms with Crippen molar-refractivity contribution < 1.29 is 9.72 Å². The number of nitrogens with zero attached hydrogens (tertiary/aromatic N) is 5. The molecule has 0 atom stereocenters. The highest BCUT2D eigenvalue weighted by atomic mass is 35.5. The number of nitro benzene ring substituents is 1. The van der Waals surface area contributed by atoms with Crippen molar-refractivity contribution in [2.45, 2.75) is 19.3 Å². The molecule has 2 fully saturated rings. The van der Waals surface area contributed by atoms with Crippen LogP contribution in [0.5, 0.6) is 0 Å². The SMILES string of the molecule is Cl.O=C(c1ccc(-n2cncn2)c([N+](=O)[O-])c1)N1CCC2(CCNC2)CC1. The third-order valence-corrected chi connectivity index (χ3v) is 5.53. The summed E-state index contributed by atoms with van der Waals surface area (Å²) < 4.78 is 1.32. The average Bonchev–Trinajstić information content (AvgIpc) is 3.34. The summed E-state index contributed by atoms with van der Waals surface area (Å²) in [6.07, 6.45) is 5.82. The van der Waals surface area contributed by atoms with Gasteiger partial charge in [-0.05, 0) is 43.4 Å². The van der Waals surface area contributed by atoms with Crippen LogP contribution in [0.2, 0.25) is 0 Å². The zero-order valence-electron chi connectivity index (χ0n) is 14.7. The monoisotopic (exact) mass is 392 g/mol. The number of likely N-dealkylation sites (tertiary alicyclic amines) is 1. The summed E-state index contributed by atoms with van der Waals surface area (Å²) in [5.41, 5.74) is 0.786. The van der Waals surface area contributed by atoms with Gasteiger partial charge in [-0.2, -0.15) is 5.10 Å². The van der Waals surface area contributed by atoms with E-state index in [0.29, 0.717) is 29.8 Å². The number of carbonyl (C=O) groups excluding carboxylic acids is 1. The van der Waals surface area contributed by atoms with Gasteiger partial charge in [0.2, 0.25) is 0 Å². The van der Waals surface area contributed by atoms with E-state index in [2.05, 4.69) is 15.4 Å². The number of halogens is 1. The molecule has 0 aliphatic carbocycles. The van der Waals surface area contributed by atoms with Crippen molar-refractivity contribution in [3.05, 3.63) is 46.5 Å². The Morgan fingerprint density at radius 2 is 2.04 bits per heavy atom. The standard InChI is InChI=1S/C17H20N6O3.ClH/c24-16(21-7-4-17(5-8-21)3-6-18-10-17)13-1-2-14(15(9-13)23(25)26)22-12-19-11-20-22;/h1-2,9,11-12,18H,3-8,10H2;1H. The number of nitrogens with one attached hydrogen (secondary N) is 1. The molecule has 4 rings (SSSR count). The van der Waals surface area contributed by atoms with Gasteiger partial charge in [-0.3, -0.25) is 14.9 Å². The van der Waals surface area contributed by atoms with Gasteiger partial charge in [0.15, 0.2) is 0 Å². The Labute approximate surface area is 162 Å². The van der Waals surface area contributed by atoms with Crippen molar-refractivity contribution in [1.29, 1.82) is 0 Å². The summed E-state index contributed by atoms with van der Waals surface area (Å²) in [4.78, 5) is 29.4. The van der Waals surface area contributed by atoms with Crippen LogP contribution in [0.3, 0.4) is 0 Å². The van der Waals surface area contributed by atoms with E-state index in [1.54, 1.807) is 17.0 Å². The van der Waals surface area contributed by atoms with Crippen molar-refractivity contribution in [1.82, 2.24) is 25.0 Å². The van der Waals surface area contributed by atoms with E-state index >= 15 is 0 Å². The predicted octanol–water partition coefficient (Wildman–Crippen LogP) is 1.81. The van der Waals surface area contributed by atoms with Crippen molar-refractivity contribution >= 4 is 24.0 Å². The first-order valence-electron chi connectivity index (χ1n) is 8.71. The minimum Gasteiger partial charge on any atom is -0.339 e. The van der Waals surface area contributed by atoms with Gasteiger partial charge in [-0.25, -0.2) is 9.67 Å². The third-order valence-electron chi connectivity index (χ3n) is 5.53. The molecule has 0 saturated carbocycles. The first-order chi connectivity index (χ1) is 12.6. The van der Waals surface area contributed by atoms with E-state index in [-0.39, 0.29) is 24.0 Å². The zero-order valence-corrected chi connectivity index (χ0v) is 15.5. The second-order valence-corrected chi connectivity index (χ2v) is 7.02. The van der Waals surface area contributed by atoms with Gasteiger partial charge in [0, 0.05) is 31.3 Å². The Kier molecular flexibility index (Phi) is 5.43. The van der Waals surface area contributed by atoms with E-state index in [9.17, 15) is 14.9 Å². The van der Waals surface area contributed by atoms with Crippen LogP contribution < -0.4 is 5.32 Å². The van der Waals surface area contributed by atoms with Crippen molar-refractivity contribution in [3.63, 3.8) is 0 Å². The number of piperidine rings is 1. The predicted molar refractivity (Wildman–Crippen MR) is 100 cm³/mol. The highest BCUT2D eigenvalue weighted by Crippen LogP contribution is 2.37. The molecule has 2 aliphatic heterocycles. The van der Waals surface area contributed by atoms with Crippen LogP contribution >= 0.6 is 12.4 Å². The number of hydrogen-bond acceptors (Lipinski definition) is 6. The molecular weight excluding hydrogens is 372 g/mol. The third kappa shape index (κ3) is 3.65. The largest absolute Gasteiger partial charge is 0.339 e. The number of carbonyl (C=O) groups is 1. The first kappa shape index (κ1) is 19.2. The fourth-order valence-electron chi connectivity index (χ4n) is 3.92. The number of amides is 1. The van der Waals surface area contributed by atoms with Crippen LogP contribution in [-0.4, -0.2) is 56.7 Å². The van der Waals surface area contributed by atoms with Gasteiger partial charge >= 0.3 is 0 Å². The van der Waals surface area contributed by atoms with Gasteiger partial charge < -0.3 is 10.2 Å². The molecule has 1 spiro atoms. The second kappa shape index (κ2) is 7.61. The van der Waals surface area contributed by atoms with E-state index in [1.807, 2.05) is 0 Å². The molecule has 1 aromatic heterocycles. The summed E-state index contributed by atoms with van der Waals surface area (Å²) in [7, 11) is 0. The van der Waals surface area contributed by atoms with Gasteiger partial charge in [0.25, 0.3) is 11.6 Å². The number of rotatable bonds is 3. The maximum absolute atomic E-state index is 12.8. The Hall–Kier alpha value is -2.52. The molecule has 2 aliphatic rings. The molecule has 2 saturated heterocycles. The van der Waals surface area contributed by atoms with Crippen LogP contribution in [0.25, 0.3) is 5.69 Å². The van der Waals surface area contributed by atoms with E-state index in [1.165, 1.54) is 23.4 Å². The Bertz CT molecular complexity index is 825. The lowest BCUT2D eigenvalue weighted by molar-refractivity contribution is -0.384. The first-order valence-corrected chi connectivity index (χ1v) is 8.71. The number of nitro groups is 1. The Morgan fingerprint density at radius 3 is 2.63 bits per heavy atom. The van der Waals surface area contributed by atoms with Crippen LogP contribution in [0.1, 0.15) is 29.6 Å². The molecule has 1 N–H and O–H groups in total. The smallest absolute Gasteiger partial charge is 0.295 e. The van der Waals surface area contributed by atoms with Crippen LogP contribution in [0.15, 0.2) is 30.9 Å². The maximum atomic E-state index is 12.8. The Balaban J connectivity index is 0.00000210. The fourth-order valence-corrected chi connectivity index (χ4v) is 3.92. The lowest BCUT2D eigenvalue weighted by Crippen LogP contribution is -2.44. The highest BCUT2D eigenvalue weighted by Gasteiger charge is 2.38. The number of hydrogen-bond donors (Lipinski definition) is 1. The van der Waals surface area contributed by atoms with E-state index in [4.69, 9.17) is 0 Å². The van der Waals surface area contributed by atoms with E-state index < -0.39 is 4.92 Å². The van der Waals surface area contributed by atoms with Gasteiger partial charge in [0.1, 0.15) is 18.3 Å². The molecule has 1 amide bonds. The normalized spacial score (nSPS) is 18.3. The van der Waals surface area contributed by atoms with Crippen molar-refractivity contribution in [3.8, 4) is 5.69 Å². The van der Waals surface area contributed by atoms with Crippen LogP contribution in [0, 0.1) is 15.5 Å². The summed E-state index contributed by atoms with van der Waals surface area (Å²) in [5.74, 6) is -0.154. The van der Waals surface area contributed by atoms with Crippen LogP contribution in [-0.2, 0) is 0 Å². The summed E-state index contributed by atoms with van der Waals surface area (Å²) >= 11 is 0. The van der Waals surface area contributed by atoms with Crippen molar-refractivity contribution in [2.75, 3.05) is 26.2 Å². The number of aromatic nitrogens is 3. The lowest BCUT2D eigenvalue weighted by atomic mass is 9.78. The molecule has 0 unspecified atom stereocenters. The molecule has 144 valence electrons. The quantitative estimate of drug-likeness (QED) is 0.630. The van der Waals surface area contributed by atoms with Crippen molar-refractivity contribution in [2.24, 2.45) is 5.41 Å². The van der Waals surface area contributed by atoms with E-state index in [0.717, 1.165) is 32.4 Å². The number of benzene rings is 1. The molecular formula is C17H21ClN6O3. The molecule has 27 heavy (non-hydrogen) atoms. The van der Waals surface area contributed by atoms with Gasteiger partial charge in [-0.15, -0.1) is 12.4 Å².